The number of benzene rings is 1. The number of aliphatic hydroxyl groups excluding tert-OH is 1. The molecule has 88 valence electrons. The van der Waals surface area contributed by atoms with Gasteiger partial charge in [0.05, 0.1) is 6.10 Å². The molecule has 0 radical (unpaired) electrons. The van der Waals surface area contributed by atoms with Crippen molar-refractivity contribution in [1.29, 1.82) is 0 Å². The third-order valence-electron chi connectivity index (χ3n) is 2.81. The second-order valence-corrected chi connectivity index (χ2v) is 5.29. The van der Waals surface area contributed by atoms with Gasteiger partial charge in [-0.25, -0.2) is 0 Å². The molecule has 1 aromatic heterocycles. The van der Waals surface area contributed by atoms with E-state index < -0.39 is 6.10 Å². The van der Waals surface area contributed by atoms with Crippen molar-refractivity contribution in [2.75, 3.05) is 0 Å². The predicted molar refractivity (Wildman–Crippen MR) is 68.5 cm³/mol. The fraction of sp³-hybridized carbons (Fsp3) is 0.286. The highest BCUT2D eigenvalue weighted by molar-refractivity contribution is 7.10. The summed E-state index contributed by atoms with van der Waals surface area (Å²) >= 11 is 1.57. The van der Waals surface area contributed by atoms with Crippen molar-refractivity contribution in [3.8, 4) is 5.75 Å². The largest absolute Gasteiger partial charge is 0.490 e. The van der Waals surface area contributed by atoms with E-state index >= 15 is 0 Å². The Morgan fingerprint density at radius 1 is 1.24 bits per heavy atom. The fourth-order valence-corrected chi connectivity index (χ4v) is 2.48. The molecule has 1 heterocycles. The van der Waals surface area contributed by atoms with Gasteiger partial charge in [-0.2, -0.15) is 0 Å². The first-order chi connectivity index (χ1) is 8.33. The summed E-state index contributed by atoms with van der Waals surface area (Å²) in [7, 11) is 0. The highest BCUT2D eigenvalue weighted by Crippen LogP contribution is 2.31. The van der Waals surface area contributed by atoms with Crippen LogP contribution in [-0.4, -0.2) is 11.2 Å². The summed E-state index contributed by atoms with van der Waals surface area (Å²) in [6.07, 6.45) is 2.15. The standard InChI is InChI=1S/C14H14O2S/c15-14(13-5-2-8-17-13)10-3-1-4-12(9-10)16-11-6-7-11/h1-5,8-9,11,14-15H,6-7H2. The molecule has 3 heteroatoms. The molecule has 1 N–H and O–H groups in total. The van der Waals surface area contributed by atoms with Gasteiger partial charge in [0.2, 0.25) is 0 Å². The molecule has 1 atom stereocenters. The minimum atomic E-state index is -0.544. The van der Waals surface area contributed by atoms with Crippen LogP contribution < -0.4 is 4.74 Å². The molecular formula is C14H14O2S. The number of hydrogen-bond donors (Lipinski definition) is 1. The Morgan fingerprint density at radius 2 is 2.12 bits per heavy atom. The average molecular weight is 246 g/mol. The first-order valence-electron chi connectivity index (χ1n) is 5.81. The normalized spacial score (nSPS) is 16.8. The molecule has 1 unspecified atom stereocenters. The zero-order chi connectivity index (χ0) is 11.7. The molecule has 2 nitrogen and oxygen atoms in total. The van der Waals surface area contributed by atoms with Crippen LogP contribution in [0.1, 0.15) is 29.4 Å². The minimum absolute atomic E-state index is 0.393. The van der Waals surface area contributed by atoms with Crippen molar-refractivity contribution in [1.82, 2.24) is 0 Å². The lowest BCUT2D eigenvalue weighted by molar-refractivity contribution is 0.223. The van der Waals surface area contributed by atoms with Gasteiger partial charge < -0.3 is 9.84 Å². The molecule has 0 saturated heterocycles. The van der Waals surface area contributed by atoms with E-state index in [4.69, 9.17) is 4.74 Å². The van der Waals surface area contributed by atoms with Gasteiger partial charge in [0.1, 0.15) is 11.9 Å². The van der Waals surface area contributed by atoms with Crippen LogP contribution in [0, 0.1) is 0 Å². The Morgan fingerprint density at radius 3 is 2.82 bits per heavy atom. The Balaban J connectivity index is 1.81. The minimum Gasteiger partial charge on any atom is -0.490 e. The Hall–Kier alpha value is -1.32. The van der Waals surface area contributed by atoms with Crippen LogP contribution in [0.2, 0.25) is 0 Å². The first-order valence-corrected chi connectivity index (χ1v) is 6.69. The summed E-state index contributed by atoms with van der Waals surface area (Å²) in [6.45, 7) is 0. The zero-order valence-electron chi connectivity index (χ0n) is 9.37. The lowest BCUT2D eigenvalue weighted by Gasteiger charge is -2.11. The highest BCUT2D eigenvalue weighted by Gasteiger charge is 2.23. The van der Waals surface area contributed by atoms with Crippen molar-refractivity contribution >= 4 is 11.3 Å². The number of rotatable bonds is 4. The Bertz CT molecular complexity index is 489. The average Bonchev–Trinajstić information content (AvgIpc) is 2.99. The molecule has 1 aliphatic rings. The van der Waals surface area contributed by atoms with Gasteiger partial charge in [-0.15, -0.1) is 11.3 Å². The van der Waals surface area contributed by atoms with E-state index in [1.165, 1.54) is 0 Å². The van der Waals surface area contributed by atoms with Crippen molar-refractivity contribution in [3.63, 3.8) is 0 Å². The number of ether oxygens (including phenoxy) is 1. The lowest BCUT2D eigenvalue weighted by atomic mass is 10.1. The molecule has 3 rings (SSSR count). The fourth-order valence-electron chi connectivity index (χ4n) is 1.75. The third kappa shape index (κ3) is 2.51. The van der Waals surface area contributed by atoms with Crippen LogP contribution in [0.3, 0.4) is 0 Å². The first kappa shape index (κ1) is 10.8. The maximum Gasteiger partial charge on any atom is 0.120 e. The monoisotopic (exact) mass is 246 g/mol. The van der Waals surface area contributed by atoms with Crippen molar-refractivity contribution in [3.05, 3.63) is 52.2 Å². The molecule has 1 aromatic carbocycles. The Kier molecular flexibility index (Phi) is 2.87. The van der Waals surface area contributed by atoms with Crippen LogP contribution in [0.5, 0.6) is 5.75 Å². The maximum absolute atomic E-state index is 10.2. The SMILES string of the molecule is OC(c1cccc(OC2CC2)c1)c1cccs1. The van der Waals surface area contributed by atoms with Gasteiger partial charge in [-0.3, -0.25) is 0 Å². The third-order valence-corrected chi connectivity index (χ3v) is 3.74. The van der Waals surface area contributed by atoms with E-state index in [1.807, 2.05) is 41.8 Å². The van der Waals surface area contributed by atoms with Gasteiger partial charge in [0.15, 0.2) is 0 Å². The van der Waals surface area contributed by atoms with Gasteiger partial charge in [0, 0.05) is 4.88 Å². The van der Waals surface area contributed by atoms with Crippen molar-refractivity contribution in [2.45, 2.75) is 25.0 Å². The van der Waals surface area contributed by atoms with Crippen LogP contribution in [0.25, 0.3) is 0 Å². The summed E-state index contributed by atoms with van der Waals surface area (Å²) < 4.78 is 5.73. The van der Waals surface area contributed by atoms with Crippen LogP contribution >= 0.6 is 11.3 Å². The summed E-state index contributed by atoms with van der Waals surface area (Å²) in [5, 5.41) is 12.2. The van der Waals surface area contributed by atoms with Gasteiger partial charge in [-0.05, 0) is 42.0 Å². The molecule has 2 aromatic rings. The van der Waals surface area contributed by atoms with E-state index in [9.17, 15) is 5.11 Å². The molecule has 17 heavy (non-hydrogen) atoms. The molecule has 1 saturated carbocycles. The van der Waals surface area contributed by atoms with Crippen molar-refractivity contribution in [2.24, 2.45) is 0 Å². The van der Waals surface area contributed by atoms with Crippen LogP contribution in [0.4, 0.5) is 0 Å². The van der Waals surface area contributed by atoms with E-state index in [-0.39, 0.29) is 0 Å². The van der Waals surface area contributed by atoms with E-state index in [1.54, 1.807) is 11.3 Å². The number of aliphatic hydroxyl groups is 1. The summed E-state index contributed by atoms with van der Waals surface area (Å²) in [6, 6.07) is 11.7. The molecule has 1 fully saturated rings. The second-order valence-electron chi connectivity index (χ2n) is 4.31. The number of hydrogen-bond acceptors (Lipinski definition) is 3. The predicted octanol–water partition coefficient (Wildman–Crippen LogP) is 3.37. The Labute approximate surface area is 104 Å². The van der Waals surface area contributed by atoms with E-state index in [0.29, 0.717) is 6.10 Å². The van der Waals surface area contributed by atoms with Crippen molar-refractivity contribution < 1.29 is 9.84 Å². The van der Waals surface area contributed by atoms with Crippen LogP contribution in [-0.2, 0) is 0 Å². The smallest absolute Gasteiger partial charge is 0.120 e. The molecular weight excluding hydrogens is 232 g/mol. The maximum atomic E-state index is 10.2. The molecule has 0 bridgehead atoms. The molecule has 0 spiro atoms. The summed E-state index contributed by atoms with van der Waals surface area (Å²) in [5.74, 6) is 0.862. The summed E-state index contributed by atoms with van der Waals surface area (Å²) in [4.78, 5) is 0.966. The number of thiophene rings is 1. The zero-order valence-corrected chi connectivity index (χ0v) is 10.2. The molecule has 0 aliphatic heterocycles. The molecule has 1 aliphatic carbocycles. The topological polar surface area (TPSA) is 29.5 Å². The molecule has 0 amide bonds. The lowest BCUT2D eigenvalue weighted by Crippen LogP contribution is -2.00. The van der Waals surface area contributed by atoms with Crippen LogP contribution in [0.15, 0.2) is 41.8 Å². The van der Waals surface area contributed by atoms with Gasteiger partial charge >= 0.3 is 0 Å². The second kappa shape index (κ2) is 4.51. The van der Waals surface area contributed by atoms with Gasteiger partial charge in [-0.1, -0.05) is 18.2 Å². The highest BCUT2D eigenvalue weighted by atomic mass is 32.1. The van der Waals surface area contributed by atoms with E-state index in [2.05, 4.69) is 0 Å². The summed E-state index contributed by atoms with van der Waals surface area (Å²) in [5.41, 5.74) is 0.894. The quantitative estimate of drug-likeness (QED) is 0.896. The van der Waals surface area contributed by atoms with Gasteiger partial charge in [0.25, 0.3) is 0 Å². The van der Waals surface area contributed by atoms with E-state index in [0.717, 1.165) is 29.0 Å².